The third-order valence-corrected chi connectivity index (χ3v) is 5.51. The summed E-state index contributed by atoms with van der Waals surface area (Å²) in [7, 11) is 3.45. The third kappa shape index (κ3) is 8.32. The topological polar surface area (TPSA) is 86.2 Å². The standard InChI is InChI=1S/C18H30N4O3S.HI/c1-22(2)16(24)12-20-17(19-8-5-15-4-3-11-26-15)21-13-18(6-9-23)7-10-25-14-18;/h3-4,11,23H,5-10,12-14H2,1-2H3,(H2,19,20,21);1H. The highest BCUT2D eigenvalue weighted by atomic mass is 127. The Labute approximate surface area is 182 Å². The molecule has 0 spiro atoms. The van der Waals surface area contributed by atoms with Crippen LogP contribution in [0.25, 0.3) is 0 Å². The number of aliphatic hydroxyl groups is 1. The number of aliphatic imine (C=N–C) groups is 1. The molecule has 7 nitrogen and oxygen atoms in total. The van der Waals surface area contributed by atoms with Gasteiger partial charge in [-0.3, -0.25) is 4.79 Å². The van der Waals surface area contributed by atoms with Crippen molar-refractivity contribution in [1.29, 1.82) is 0 Å². The summed E-state index contributed by atoms with van der Waals surface area (Å²) < 4.78 is 5.53. The number of likely N-dealkylation sites (N-methyl/N-ethyl adjacent to an activating group) is 1. The van der Waals surface area contributed by atoms with E-state index in [4.69, 9.17) is 4.74 Å². The van der Waals surface area contributed by atoms with Crippen molar-refractivity contribution in [2.75, 3.05) is 53.6 Å². The van der Waals surface area contributed by atoms with Crippen LogP contribution in [-0.4, -0.2) is 75.4 Å². The van der Waals surface area contributed by atoms with Crippen LogP contribution < -0.4 is 10.6 Å². The normalized spacial score (nSPS) is 19.4. The Bertz CT molecular complexity index is 575. The Morgan fingerprint density at radius 2 is 2.26 bits per heavy atom. The lowest BCUT2D eigenvalue weighted by molar-refractivity contribution is -0.127. The summed E-state index contributed by atoms with van der Waals surface area (Å²) in [5.74, 6) is 0.583. The van der Waals surface area contributed by atoms with Gasteiger partial charge in [-0.05, 0) is 30.7 Å². The first-order valence-electron chi connectivity index (χ1n) is 8.98. The average Bonchev–Trinajstić information content (AvgIpc) is 3.29. The van der Waals surface area contributed by atoms with Crippen molar-refractivity contribution < 1.29 is 14.6 Å². The molecule has 0 aromatic carbocycles. The lowest BCUT2D eigenvalue weighted by Gasteiger charge is -2.27. The third-order valence-electron chi connectivity index (χ3n) is 4.57. The number of ether oxygens (including phenoxy) is 1. The lowest BCUT2D eigenvalue weighted by atomic mass is 9.84. The molecule has 2 rings (SSSR count). The number of aliphatic hydroxyl groups excluding tert-OH is 1. The predicted octanol–water partition coefficient (Wildman–Crippen LogP) is 1.32. The monoisotopic (exact) mass is 510 g/mol. The molecule has 154 valence electrons. The fraction of sp³-hybridized carbons (Fsp3) is 0.667. The fourth-order valence-corrected chi connectivity index (χ4v) is 3.51. The summed E-state index contributed by atoms with van der Waals surface area (Å²) in [5, 5.41) is 18.1. The van der Waals surface area contributed by atoms with Crippen LogP contribution in [0.2, 0.25) is 0 Å². The van der Waals surface area contributed by atoms with Crippen molar-refractivity contribution >= 4 is 47.2 Å². The van der Waals surface area contributed by atoms with Gasteiger partial charge in [-0.15, -0.1) is 35.3 Å². The van der Waals surface area contributed by atoms with Crippen molar-refractivity contribution in [3.8, 4) is 0 Å². The Balaban J connectivity index is 0.00000364. The maximum Gasteiger partial charge on any atom is 0.243 e. The number of guanidine groups is 1. The average molecular weight is 510 g/mol. The second-order valence-corrected chi connectivity index (χ2v) is 7.87. The minimum absolute atomic E-state index is 0. The number of thiophene rings is 1. The van der Waals surface area contributed by atoms with E-state index >= 15 is 0 Å². The zero-order valence-corrected chi connectivity index (χ0v) is 19.2. The van der Waals surface area contributed by atoms with Crippen molar-refractivity contribution in [1.82, 2.24) is 15.5 Å². The van der Waals surface area contributed by atoms with Crippen LogP contribution in [0.15, 0.2) is 22.5 Å². The highest BCUT2D eigenvalue weighted by molar-refractivity contribution is 14.0. The number of rotatable bonds is 9. The zero-order chi connectivity index (χ0) is 18.8. The molecule has 0 bridgehead atoms. The van der Waals surface area contributed by atoms with Crippen LogP contribution in [0.3, 0.4) is 0 Å². The van der Waals surface area contributed by atoms with E-state index in [0.717, 1.165) is 26.0 Å². The van der Waals surface area contributed by atoms with Crippen LogP contribution in [0.4, 0.5) is 0 Å². The number of nitrogens with zero attached hydrogens (tertiary/aromatic N) is 2. The van der Waals surface area contributed by atoms with E-state index in [2.05, 4.69) is 27.1 Å². The smallest absolute Gasteiger partial charge is 0.243 e. The van der Waals surface area contributed by atoms with Gasteiger partial charge in [-0.25, -0.2) is 4.99 Å². The molecule has 1 unspecified atom stereocenters. The Kier molecular flexibility index (Phi) is 11.2. The molecule has 2 heterocycles. The predicted molar refractivity (Wildman–Crippen MR) is 120 cm³/mol. The second-order valence-electron chi connectivity index (χ2n) is 6.84. The van der Waals surface area contributed by atoms with Crippen LogP contribution in [0.5, 0.6) is 0 Å². The molecule has 1 amide bonds. The summed E-state index contributed by atoms with van der Waals surface area (Å²) >= 11 is 1.73. The van der Waals surface area contributed by atoms with Gasteiger partial charge in [0.05, 0.1) is 6.61 Å². The molecule has 0 saturated carbocycles. The number of carbonyl (C=O) groups is 1. The van der Waals surface area contributed by atoms with E-state index in [-0.39, 0.29) is 48.5 Å². The van der Waals surface area contributed by atoms with Gasteiger partial charge in [0.15, 0.2) is 5.96 Å². The Morgan fingerprint density at radius 3 is 2.85 bits per heavy atom. The highest BCUT2D eigenvalue weighted by Crippen LogP contribution is 2.31. The van der Waals surface area contributed by atoms with Crippen LogP contribution >= 0.6 is 35.3 Å². The Morgan fingerprint density at radius 1 is 1.44 bits per heavy atom. The Hall–Kier alpha value is -0.910. The second kappa shape index (κ2) is 12.5. The number of halogens is 1. The van der Waals surface area contributed by atoms with Gasteiger partial charge < -0.3 is 25.4 Å². The molecule has 9 heteroatoms. The maximum absolute atomic E-state index is 11.8. The molecule has 1 aromatic rings. The minimum Gasteiger partial charge on any atom is -0.396 e. The molecule has 3 N–H and O–H groups in total. The molecule has 1 aliphatic heterocycles. The molecular weight excluding hydrogens is 479 g/mol. The molecule has 0 aliphatic carbocycles. The van der Waals surface area contributed by atoms with Gasteiger partial charge in [-0.2, -0.15) is 0 Å². The zero-order valence-electron chi connectivity index (χ0n) is 16.1. The van der Waals surface area contributed by atoms with E-state index < -0.39 is 0 Å². The SMILES string of the molecule is CN(C)C(=O)CN=C(NCCc1cccs1)NCC1(CCO)CCOC1.I. The van der Waals surface area contributed by atoms with E-state index in [0.29, 0.717) is 25.5 Å². The number of hydrogen-bond acceptors (Lipinski definition) is 5. The quantitative estimate of drug-likeness (QED) is 0.265. The number of carbonyl (C=O) groups excluding carboxylic acids is 1. The number of hydrogen-bond donors (Lipinski definition) is 3. The van der Waals surface area contributed by atoms with Gasteiger partial charge in [0, 0.05) is 50.7 Å². The summed E-state index contributed by atoms with van der Waals surface area (Å²) in [6.45, 7) is 3.01. The number of amides is 1. The first-order chi connectivity index (χ1) is 12.5. The van der Waals surface area contributed by atoms with Gasteiger partial charge >= 0.3 is 0 Å². The van der Waals surface area contributed by atoms with Crippen LogP contribution in [0, 0.1) is 5.41 Å². The first-order valence-corrected chi connectivity index (χ1v) is 9.86. The van der Waals surface area contributed by atoms with E-state index in [1.807, 2.05) is 6.07 Å². The molecule has 1 fully saturated rings. The largest absolute Gasteiger partial charge is 0.396 e. The van der Waals surface area contributed by atoms with Crippen LogP contribution in [0.1, 0.15) is 17.7 Å². The highest BCUT2D eigenvalue weighted by Gasteiger charge is 2.34. The lowest BCUT2D eigenvalue weighted by Crippen LogP contribution is -2.45. The molecule has 1 saturated heterocycles. The summed E-state index contributed by atoms with van der Waals surface area (Å²) in [5.41, 5.74) is -0.0729. The van der Waals surface area contributed by atoms with Crippen molar-refractivity contribution in [2.45, 2.75) is 19.3 Å². The molecule has 1 aliphatic rings. The fourth-order valence-electron chi connectivity index (χ4n) is 2.80. The van der Waals surface area contributed by atoms with Crippen molar-refractivity contribution in [3.05, 3.63) is 22.4 Å². The van der Waals surface area contributed by atoms with E-state index in [1.54, 1.807) is 25.4 Å². The number of nitrogens with one attached hydrogen (secondary N) is 2. The van der Waals surface area contributed by atoms with Gasteiger partial charge in [0.1, 0.15) is 6.54 Å². The van der Waals surface area contributed by atoms with Crippen molar-refractivity contribution in [3.63, 3.8) is 0 Å². The van der Waals surface area contributed by atoms with E-state index in [1.165, 1.54) is 9.78 Å². The van der Waals surface area contributed by atoms with Gasteiger partial charge in [0.25, 0.3) is 0 Å². The van der Waals surface area contributed by atoms with Gasteiger partial charge in [-0.1, -0.05) is 6.07 Å². The molecular formula is C18H31IN4O3S. The summed E-state index contributed by atoms with van der Waals surface area (Å²) in [6.07, 6.45) is 2.52. The first kappa shape index (κ1) is 24.1. The summed E-state index contributed by atoms with van der Waals surface area (Å²) in [6, 6.07) is 4.15. The maximum atomic E-state index is 11.8. The van der Waals surface area contributed by atoms with Crippen molar-refractivity contribution in [2.24, 2.45) is 10.4 Å². The van der Waals surface area contributed by atoms with Gasteiger partial charge in [0.2, 0.25) is 5.91 Å². The minimum atomic E-state index is -0.0729. The molecule has 1 atom stereocenters. The van der Waals surface area contributed by atoms with Crippen LogP contribution in [-0.2, 0) is 16.0 Å². The molecule has 1 aromatic heterocycles. The molecule has 0 radical (unpaired) electrons. The summed E-state index contributed by atoms with van der Waals surface area (Å²) in [4.78, 5) is 19.1. The molecule has 27 heavy (non-hydrogen) atoms. The van der Waals surface area contributed by atoms with E-state index in [9.17, 15) is 9.90 Å².